The smallest absolute Gasteiger partial charge is 0.311 e. The molecule has 1 aromatic carbocycles. The topological polar surface area (TPSA) is 12.0 Å². The Hall–Kier alpha value is -1.10. The average Bonchev–Trinajstić information content (AvgIpc) is 2.69. The number of nitrogens with one attached hydrogen (secondary N) is 1. The molecule has 1 aliphatic heterocycles. The van der Waals surface area contributed by atoms with Crippen molar-refractivity contribution in [3.8, 4) is 0 Å². The van der Waals surface area contributed by atoms with Gasteiger partial charge < -0.3 is 5.32 Å². The highest BCUT2D eigenvalue weighted by Crippen LogP contribution is 2.40. The van der Waals surface area contributed by atoms with Crippen molar-refractivity contribution in [3.63, 3.8) is 0 Å². The molecule has 0 bridgehead atoms. The molecule has 1 aromatic rings. The molecule has 106 valence electrons. The second kappa shape index (κ2) is 5.12. The van der Waals surface area contributed by atoms with E-state index < -0.39 is 17.6 Å². The standard InChI is InChI=1S/C14H17F4N/c1-3-13-11(6-8(2)19-13)10-5-4-9(15)7-12(10)14(16,17)18/h4-5,7-8,11,13,19H,3,6H2,1-2H3. The quantitative estimate of drug-likeness (QED) is 0.802. The highest BCUT2D eigenvalue weighted by Gasteiger charge is 2.39. The fraction of sp³-hybridized carbons (Fsp3) is 0.571. The Bertz CT molecular complexity index is 455. The largest absolute Gasteiger partial charge is 0.416 e. The first kappa shape index (κ1) is 14.3. The van der Waals surface area contributed by atoms with Crippen LogP contribution in [0.4, 0.5) is 17.6 Å². The summed E-state index contributed by atoms with van der Waals surface area (Å²) in [6.45, 7) is 3.90. The van der Waals surface area contributed by atoms with Crippen LogP contribution in [0.1, 0.15) is 43.7 Å². The van der Waals surface area contributed by atoms with Crippen molar-refractivity contribution >= 4 is 0 Å². The van der Waals surface area contributed by atoms with E-state index in [-0.39, 0.29) is 23.6 Å². The molecule has 3 atom stereocenters. The zero-order valence-corrected chi connectivity index (χ0v) is 10.9. The van der Waals surface area contributed by atoms with Crippen molar-refractivity contribution in [2.45, 2.75) is 50.9 Å². The zero-order valence-electron chi connectivity index (χ0n) is 10.9. The molecule has 0 aliphatic carbocycles. The molecule has 19 heavy (non-hydrogen) atoms. The maximum atomic E-state index is 13.1. The summed E-state index contributed by atoms with van der Waals surface area (Å²) in [7, 11) is 0. The number of hydrogen-bond donors (Lipinski definition) is 1. The predicted octanol–water partition coefficient (Wildman–Crippen LogP) is 4.09. The SMILES string of the molecule is CCC1NC(C)CC1c1ccc(F)cc1C(F)(F)F. The van der Waals surface area contributed by atoms with Crippen molar-refractivity contribution in [3.05, 3.63) is 35.1 Å². The van der Waals surface area contributed by atoms with E-state index in [4.69, 9.17) is 0 Å². The van der Waals surface area contributed by atoms with Gasteiger partial charge >= 0.3 is 6.18 Å². The van der Waals surface area contributed by atoms with E-state index in [9.17, 15) is 17.6 Å². The Morgan fingerprint density at radius 3 is 2.58 bits per heavy atom. The molecule has 1 saturated heterocycles. The summed E-state index contributed by atoms with van der Waals surface area (Å²) in [5.41, 5.74) is -0.635. The van der Waals surface area contributed by atoms with Gasteiger partial charge in [0.05, 0.1) is 5.56 Å². The van der Waals surface area contributed by atoms with Gasteiger partial charge in [-0.1, -0.05) is 13.0 Å². The summed E-state index contributed by atoms with van der Waals surface area (Å²) in [4.78, 5) is 0. The summed E-state index contributed by atoms with van der Waals surface area (Å²) in [5.74, 6) is -1.06. The third-order valence-electron chi connectivity index (χ3n) is 3.75. The van der Waals surface area contributed by atoms with Crippen molar-refractivity contribution < 1.29 is 17.6 Å². The Labute approximate surface area is 110 Å². The van der Waals surface area contributed by atoms with Gasteiger partial charge in [-0.25, -0.2) is 4.39 Å². The molecule has 0 spiro atoms. The van der Waals surface area contributed by atoms with Crippen molar-refractivity contribution in [1.82, 2.24) is 5.32 Å². The van der Waals surface area contributed by atoms with Gasteiger partial charge in [-0.2, -0.15) is 13.2 Å². The second-order valence-corrected chi connectivity index (χ2v) is 5.15. The van der Waals surface area contributed by atoms with Gasteiger partial charge in [-0.15, -0.1) is 0 Å². The third-order valence-corrected chi connectivity index (χ3v) is 3.75. The molecule has 0 radical (unpaired) electrons. The third kappa shape index (κ3) is 2.91. The van der Waals surface area contributed by atoms with Crippen LogP contribution in [-0.2, 0) is 6.18 Å². The minimum absolute atomic E-state index is 0.0153. The maximum absolute atomic E-state index is 13.1. The summed E-state index contributed by atoms with van der Waals surface area (Å²) < 4.78 is 52.2. The number of rotatable bonds is 2. The molecule has 3 unspecified atom stereocenters. The maximum Gasteiger partial charge on any atom is 0.416 e. The van der Waals surface area contributed by atoms with E-state index in [0.717, 1.165) is 12.5 Å². The molecule has 1 N–H and O–H groups in total. The van der Waals surface area contributed by atoms with E-state index in [2.05, 4.69) is 5.32 Å². The summed E-state index contributed by atoms with van der Waals surface area (Å²) >= 11 is 0. The van der Waals surface area contributed by atoms with E-state index in [0.29, 0.717) is 12.5 Å². The van der Waals surface area contributed by atoms with Crippen LogP contribution < -0.4 is 5.32 Å². The van der Waals surface area contributed by atoms with Gasteiger partial charge in [0.15, 0.2) is 0 Å². The van der Waals surface area contributed by atoms with Gasteiger partial charge in [-0.3, -0.25) is 0 Å². The summed E-state index contributed by atoms with van der Waals surface area (Å²) in [5, 5.41) is 3.28. The van der Waals surface area contributed by atoms with Crippen LogP contribution in [0.25, 0.3) is 0 Å². The minimum Gasteiger partial charge on any atom is -0.311 e. The van der Waals surface area contributed by atoms with Gasteiger partial charge in [0.25, 0.3) is 0 Å². The lowest BCUT2D eigenvalue weighted by molar-refractivity contribution is -0.138. The van der Waals surface area contributed by atoms with Gasteiger partial charge in [0.1, 0.15) is 5.82 Å². The highest BCUT2D eigenvalue weighted by molar-refractivity contribution is 5.35. The number of benzene rings is 1. The fourth-order valence-electron chi connectivity index (χ4n) is 2.94. The Kier molecular flexibility index (Phi) is 3.85. The molecule has 5 heteroatoms. The van der Waals surface area contributed by atoms with E-state index >= 15 is 0 Å². The lowest BCUT2D eigenvalue weighted by atomic mass is 9.86. The molecular weight excluding hydrogens is 258 g/mol. The molecule has 1 fully saturated rings. The van der Waals surface area contributed by atoms with Crippen LogP contribution >= 0.6 is 0 Å². The predicted molar refractivity (Wildman–Crippen MR) is 65.4 cm³/mol. The van der Waals surface area contributed by atoms with Crippen LogP contribution in [0.3, 0.4) is 0 Å². The van der Waals surface area contributed by atoms with Crippen molar-refractivity contribution in [1.29, 1.82) is 0 Å². The monoisotopic (exact) mass is 275 g/mol. The first-order valence-corrected chi connectivity index (χ1v) is 6.45. The number of halogens is 4. The van der Waals surface area contributed by atoms with Crippen LogP contribution in [0.15, 0.2) is 18.2 Å². The molecular formula is C14H17F4N. The molecule has 1 heterocycles. The first-order chi connectivity index (χ1) is 8.82. The molecule has 1 aliphatic rings. The second-order valence-electron chi connectivity index (χ2n) is 5.15. The molecule has 1 nitrogen and oxygen atoms in total. The van der Waals surface area contributed by atoms with Gasteiger partial charge in [0, 0.05) is 18.0 Å². The Morgan fingerprint density at radius 2 is 2.00 bits per heavy atom. The van der Waals surface area contributed by atoms with Crippen molar-refractivity contribution in [2.24, 2.45) is 0 Å². The average molecular weight is 275 g/mol. The summed E-state index contributed by atoms with van der Waals surface area (Å²) in [6, 6.07) is 3.19. The zero-order chi connectivity index (χ0) is 14.2. The normalized spacial score (nSPS) is 27.8. The van der Waals surface area contributed by atoms with E-state index in [1.807, 2.05) is 13.8 Å². The Morgan fingerprint density at radius 1 is 1.32 bits per heavy atom. The summed E-state index contributed by atoms with van der Waals surface area (Å²) in [6.07, 6.45) is -3.11. The fourth-order valence-corrected chi connectivity index (χ4v) is 2.94. The molecule has 0 aromatic heterocycles. The first-order valence-electron chi connectivity index (χ1n) is 6.45. The van der Waals surface area contributed by atoms with Crippen molar-refractivity contribution in [2.75, 3.05) is 0 Å². The van der Waals surface area contributed by atoms with Crippen LogP contribution in [0, 0.1) is 5.82 Å². The minimum atomic E-state index is -4.51. The van der Waals surface area contributed by atoms with E-state index in [1.165, 1.54) is 6.07 Å². The Balaban J connectivity index is 2.44. The van der Waals surface area contributed by atoms with Crippen LogP contribution in [-0.4, -0.2) is 12.1 Å². The van der Waals surface area contributed by atoms with Gasteiger partial charge in [0.2, 0.25) is 0 Å². The van der Waals surface area contributed by atoms with Crippen LogP contribution in [0.5, 0.6) is 0 Å². The lowest BCUT2D eigenvalue weighted by Crippen LogP contribution is -2.29. The lowest BCUT2D eigenvalue weighted by Gasteiger charge is -2.22. The molecule has 2 rings (SSSR count). The van der Waals surface area contributed by atoms with Crippen LogP contribution in [0.2, 0.25) is 0 Å². The van der Waals surface area contributed by atoms with Gasteiger partial charge in [-0.05, 0) is 37.5 Å². The molecule has 0 saturated carbocycles. The van der Waals surface area contributed by atoms with E-state index in [1.54, 1.807) is 0 Å². The highest BCUT2D eigenvalue weighted by atomic mass is 19.4. The number of alkyl halides is 3. The molecule has 0 amide bonds. The number of hydrogen-bond acceptors (Lipinski definition) is 1.